The Morgan fingerprint density at radius 1 is 1.42 bits per heavy atom. The van der Waals surface area contributed by atoms with Gasteiger partial charge in [0, 0.05) is 12.7 Å². The summed E-state index contributed by atoms with van der Waals surface area (Å²) in [4.78, 5) is 0. The molecule has 3 nitrogen and oxygen atoms in total. The normalized spacial score (nSPS) is 12.0. The van der Waals surface area contributed by atoms with E-state index >= 15 is 0 Å². The molecule has 0 amide bonds. The van der Waals surface area contributed by atoms with Gasteiger partial charge in [0.2, 0.25) is 0 Å². The lowest BCUT2D eigenvalue weighted by Crippen LogP contribution is -2.38. The average molecular weight is 183 g/mol. The Morgan fingerprint density at radius 3 is 2.50 bits per heavy atom. The van der Waals surface area contributed by atoms with Crippen molar-refractivity contribution in [1.82, 2.24) is 15.0 Å². The van der Waals surface area contributed by atoms with Crippen molar-refractivity contribution < 1.29 is 0 Å². The van der Waals surface area contributed by atoms with Crippen molar-refractivity contribution in [2.24, 2.45) is 0 Å². The SMILES string of the molecule is CCCn1cc([Si](C)(C)C)nn1. The van der Waals surface area contributed by atoms with E-state index in [0.29, 0.717) is 0 Å². The minimum atomic E-state index is -1.24. The third kappa shape index (κ3) is 2.17. The van der Waals surface area contributed by atoms with Gasteiger partial charge in [0.05, 0.1) is 5.32 Å². The van der Waals surface area contributed by atoms with Crippen molar-refractivity contribution in [2.75, 3.05) is 0 Å². The average Bonchev–Trinajstić information content (AvgIpc) is 2.35. The second kappa shape index (κ2) is 3.39. The fourth-order valence-corrected chi connectivity index (χ4v) is 1.86. The van der Waals surface area contributed by atoms with Gasteiger partial charge in [-0.25, -0.2) is 0 Å². The van der Waals surface area contributed by atoms with Crippen LogP contribution in [-0.2, 0) is 6.54 Å². The molecule has 0 bridgehead atoms. The molecule has 0 unspecified atom stereocenters. The highest BCUT2D eigenvalue weighted by atomic mass is 28.3. The number of rotatable bonds is 3. The topological polar surface area (TPSA) is 30.7 Å². The molecular weight excluding hydrogens is 166 g/mol. The van der Waals surface area contributed by atoms with E-state index < -0.39 is 8.07 Å². The highest BCUT2D eigenvalue weighted by molar-refractivity contribution is 6.88. The number of hydrogen-bond acceptors (Lipinski definition) is 2. The maximum Gasteiger partial charge on any atom is 0.106 e. The molecule has 1 rings (SSSR count). The molecule has 4 heteroatoms. The van der Waals surface area contributed by atoms with Gasteiger partial charge in [0.1, 0.15) is 8.07 Å². The molecule has 0 saturated carbocycles. The van der Waals surface area contributed by atoms with Gasteiger partial charge in [-0.1, -0.05) is 31.8 Å². The van der Waals surface area contributed by atoms with Gasteiger partial charge >= 0.3 is 0 Å². The largest absolute Gasteiger partial charge is 0.253 e. The summed E-state index contributed by atoms with van der Waals surface area (Å²) in [6.07, 6.45) is 3.21. The van der Waals surface area contributed by atoms with E-state index in [1.54, 1.807) is 0 Å². The summed E-state index contributed by atoms with van der Waals surface area (Å²) < 4.78 is 1.94. The van der Waals surface area contributed by atoms with E-state index in [4.69, 9.17) is 0 Å². The van der Waals surface area contributed by atoms with Gasteiger partial charge < -0.3 is 0 Å². The van der Waals surface area contributed by atoms with Crippen LogP contribution in [-0.4, -0.2) is 23.1 Å². The van der Waals surface area contributed by atoms with E-state index in [1.165, 1.54) is 5.32 Å². The van der Waals surface area contributed by atoms with Crippen LogP contribution in [0, 0.1) is 0 Å². The summed E-state index contributed by atoms with van der Waals surface area (Å²) in [7, 11) is -1.24. The molecule has 0 atom stereocenters. The first-order valence-corrected chi connectivity index (χ1v) is 7.94. The summed E-state index contributed by atoms with van der Waals surface area (Å²) in [6, 6.07) is 0. The fraction of sp³-hybridized carbons (Fsp3) is 0.750. The predicted molar refractivity (Wildman–Crippen MR) is 53.3 cm³/mol. The third-order valence-corrected chi connectivity index (χ3v) is 3.53. The van der Waals surface area contributed by atoms with Crippen LogP contribution >= 0.6 is 0 Å². The molecule has 0 aliphatic carbocycles. The minimum Gasteiger partial charge on any atom is -0.253 e. The van der Waals surface area contributed by atoms with E-state index in [9.17, 15) is 0 Å². The smallest absolute Gasteiger partial charge is 0.106 e. The van der Waals surface area contributed by atoms with Crippen LogP contribution in [0.1, 0.15) is 13.3 Å². The number of aryl methyl sites for hydroxylation is 1. The van der Waals surface area contributed by atoms with Gasteiger partial charge in [-0.05, 0) is 6.42 Å². The standard InChI is InChI=1S/C8H17N3Si/c1-5-6-11-7-8(9-10-11)12(2,3)4/h7H,5-6H2,1-4H3. The first-order chi connectivity index (χ1) is 5.54. The van der Waals surface area contributed by atoms with Crippen molar-refractivity contribution in [1.29, 1.82) is 0 Å². The summed E-state index contributed by atoms with van der Waals surface area (Å²) in [5.74, 6) is 0. The zero-order valence-electron chi connectivity index (χ0n) is 8.33. The van der Waals surface area contributed by atoms with Crippen LogP contribution in [0.15, 0.2) is 6.20 Å². The van der Waals surface area contributed by atoms with Crippen LogP contribution in [0.25, 0.3) is 0 Å². The number of hydrogen-bond donors (Lipinski definition) is 0. The zero-order chi connectivity index (χ0) is 9.19. The monoisotopic (exact) mass is 183 g/mol. The van der Waals surface area contributed by atoms with Crippen LogP contribution in [0.5, 0.6) is 0 Å². The predicted octanol–water partition coefficient (Wildman–Crippen LogP) is 1.23. The third-order valence-electron chi connectivity index (χ3n) is 1.76. The molecule has 0 fully saturated rings. The van der Waals surface area contributed by atoms with E-state index in [1.807, 2.05) is 4.68 Å². The lowest BCUT2D eigenvalue weighted by atomic mass is 10.5. The van der Waals surface area contributed by atoms with Crippen molar-refractivity contribution >= 4 is 13.4 Å². The Kier molecular flexibility index (Phi) is 2.67. The molecule has 1 heterocycles. The van der Waals surface area contributed by atoms with Crippen molar-refractivity contribution in [3.8, 4) is 0 Å². The van der Waals surface area contributed by atoms with E-state index in [-0.39, 0.29) is 0 Å². The molecule has 1 aromatic rings. The van der Waals surface area contributed by atoms with Crippen molar-refractivity contribution in [3.63, 3.8) is 0 Å². The second-order valence-electron chi connectivity index (χ2n) is 4.12. The van der Waals surface area contributed by atoms with Gasteiger partial charge in [0.15, 0.2) is 0 Å². The maximum absolute atomic E-state index is 4.18. The highest BCUT2D eigenvalue weighted by Gasteiger charge is 2.19. The first-order valence-electron chi connectivity index (χ1n) is 4.44. The molecule has 0 aromatic carbocycles. The van der Waals surface area contributed by atoms with Crippen LogP contribution in [0.3, 0.4) is 0 Å². The molecule has 1 aromatic heterocycles. The van der Waals surface area contributed by atoms with Crippen LogP contribution in [0.2, 0.25) is 19.6 Å². The molecule has 0 N–H and O–H groups in total. The maximum atomic E-state index is 4.18. The Balaban J connectivity index is 2.77. The quantitative estimate of drug-likeness (QED) is 0.660. The first kappa shape index (κ1) is 9.44. The molecule has 0 aliphatic heterocycles. The summed E-state index contributed by atoms with van der Waals surface area (Å²) >= 11 is 0. The second-order valence-corrected chi connectivity index (χ2v) is 9.13. The van der Waals surface area contributed by atoms with Crippen LogP contribution < -0.4 is 5.32 Å². The van der Waals surface area contributed by atoms with Crippen LogP contribution in [0.4, 0.5) is 0 Å². The minimum absolute atomic E-state index is 0.984. The Labute approximate surface area is 74.8 Å². The highest BCUT2D eigenvalue weighted by Crippen LogP contribution is 1.98. The Hall–Kier alpha value is -0.643. The number of nitrogens with zero attached hydrogens (tertiary/aromatic N) is 3. The van der Waals surface area contributed by atoms with E-state index in [0.717, 1.165) is 13.0 Å². The van der Waals surface area contributed by atoms with Crippen molar-refractivity contribution in [3.05, 3.63) is 6.20 Å². The summed E-state index contributed by atoms with van der Waals surface area (Å²) in [5, 5.41) is 9.46. The fourth-order valence-electron chi connectivity index (χ4n) is 0.980. The van der Waals surface area contributed by atoms with Gasteiger partial charge in [-0.15, -0.1) is 5.10 Å². The van der Waals surface area contributed by atoms with Gasteiger partial charge in [-0.2, -0.15) is 0 Å². The molecule has 0 radical (unpaired) electrons. The summed E-state index contributed by atoms with van der Waals surface area (Å²) in [5.41, 5.74) is 0. The Morgan fingerprint density at radius 2 is 2.08 bits per heavy atom. The van der Waals surface area contributed by atoms with Gasteiger partial charge in [0.25, 0.3) is 0 Å². The lowest BCUT2D eigenvalue weighted by Gasteiger charge is -2.09. The van der Waals surface area contributed by atoms with E-state index in [2.05, 4.69) is 43.1 Å². The zero-order valence-corrected chi connectivity index (χ0v) is 9.33. The molecular formula is C8H17N3Si. The van der Waals surface area contributed by atoms with Crippen molar-refractivity contribution in [2.45, 2.75) is 39.5 Å². The Bertz CT molecular complexity index is 249. The molecule has 0 saturated heterocycles. The molecule has 68 valence electrons. The molecule has 0 spiro atoms. The molecule has 12 heavy (non-hydrogen) atoms. The molecule has 0 aliphatic rings. The lowest BCUT2D eigenvalue weighted by molar-refractivity contribution is 0.579. The number of aromatic nitrogens is 3. The van der Waals surface area contributed by atoms with Gasteiger partial charge in [-0.3, -0.25) is 4.68 Å². The summed E-state index contributed by atoms with van der Waals surface area (Å²) in [6.45, 7) is 9.99.